The van der Waals surface area contributed by atoms with Gasteiger partial charge in [0.15, 0.2) is 11.5 Å². The molecule has 31 heavy (non-hydrogen) atoms. The van der Waals surface area contributed by atoms with Crippen molar-refractivity contribution in [1.82, 2.24) is 4.98 Å². The van der Waals surface area contributed by atoms with Crippen LogP contribution < -0.4 is 10.0 Å². The molecule has 0 aliphatic rings. The standard InChI is InChI=1S/C22H18FN3O4S/c1-13-11-18(8-9-19(13)23)31(28,29)26-16-5-3-15(4-6-16)22(27)25-17-7-10-21-20(12-17)24-14(2)30-21/h3-12,26H,1-2H3,(H,25,27). The molecule has 0 saturated carbocycles. The van der Waals surface area contributed by atoms with Gasteiger partial charge < -0.3 is 9.73 Å². The average molecular weight is 439 g/mol. The summed E-state index contributed by atoms with van der Waals surface area (Å²) in [5.74, 6) is -0.303. The number of aromatic nitrogens is 1. The third kappa shape index (κ3) is 4.41. The van der Waals surface area contributed by atoms with Gasteiger partial charge in [0, 0.05) is 23.9 Å². The lowest BCUT2D eigenvalue weighted by atomic mass is 10.2. The fraction of sp³-hybridized carbons (Fsp3) is 0.0909. The maximum absolute atomic E-state index is 13.4. The molecular formula is C22H18FN3O4S. The summed E-state index contributed by atoms with van der Waals surface area (Å²) in [6.07, 6.45) is 0. The predicted octanol–water partition coefficient (Wildman–Crippen LogP) is 4.64. The van der Waals surface area contributed by atoms with Gasteiger partial charge in [0.1, 0.15) is 11.3 Å². The summed E-state index contributed by atoms with van der Waals surface area (Å²) < 4.78 is 46.3. The molecule has 158 valence electrons. The number of fused-ring (bicyclic) bond motifs is 1. The van der Waals surface area contributed by atoms with Crippen molar-refractivity contribution in [3.63, 3.8) is 0 Å². The first kappa shape index (κ1) is 20.5. The van der Waals surface area contributed by atoms with E-state index < -0.39 is 15.8 Å². The van der Waals surface area contributed by atoms with E-state index in [1.54, 1.807) is 25.1 Å². The lowest BCUT2D eigenvalue weighted by molar-refractivity contribution is 0.102. The van der Waals surface area contributed by atoms with E-state index in [1.807, 2.05) is 0 Å². The van der Waals surface area contributed by atoms with E-state index in [4.69, 9.17) is 4.42 Å². The largest absolute Gasteiger partial charge is 0.441 e. The van der Waals surface area contributed by atoms with Crippen molar-refractivity contribution in [1.29, 1.82) is 0 Å². The number of rotatable bonds is 5. The van der Waals surface area contributed by atoms with Crippen molar-refractivity contribution < 1.29 is 22.0 Å². The molecule has 0 aliphatic carbocycles. The lowest BCUT2D eigenvalue weighted by Gasteiger charge is -2.10. The number of aryl methyl sites for hydroxylation is 2. The van der Waals surface area contributed by atoms with E-state index in [2.05, 4.69) is 15.0 Å². The van der Waals surface area contributed by atoms with Crippen LogP contribution in [0.5, 0.6) is 0 Å². The number of carbonyl (C=O) groups excluding carboxylic acids is 1. The molecule has 7 nitrogen and oxygen atoms in total. The Morgan fingerprint density at radius 3 is 2.39 bits per heavy atom. The highest BCUT2D eigenvalue weighted by Gasteiger charge is 2.16. The number of benzene rings is 3. The van der Waals surface area contributed by atoms with Crippen LogP contribution >= 0.6 is 0 Å². The second-order valence-electron chi connectivity index (χ2n) is 6.96. The Labute approximate surface area is 178 Å². The van der Waals surface area contributed by atoms with Crippen molar-refractivity contribution in [2.75, 3.05) is 10.0 Å². The maximum Gasteiger partial charge on any atom is 0.261 e. The molecular weight excluding hydrogens is 421 g/mol. The molecule has 1 amide bonds. The van der Waals surface area contributed by atoms with E-state index in [9.17, 15) is 17.6 Å². The minimum Gasteiger partial charge on any atom is -0.441 e. The minimum absolute atomic E-state index is 0.0493. The van der Waals surface area contributed by atoms with Crippen molar-refractivity contribution >= 4 is 38.4 Å². The molecule has 9 heteroatoms. The third-order valence-electron chi connectivity index (χ3n) is 4.59. The quantitative estimate of drug-likeness (QED) is 0.472. The normalized spacial score (nSPS) is 11.5. The predicted molar refractivity (Wildman–Crippen MR) is 115 cm³/mol. The molecule has 0 radical (unpaired) electrons. The van der Waals surface area contributed by atoms with Gasteiger partial charge in [-0.15, -0.1) is 0 Å². The van der Waals surface area contributed by atoms with Crippen LogP contribution in [-0.2, 0) is 10.0 Å². The second-order valence-corrected chi connectivity index (χ2v) is 8.65. The van der Waals surface area contributed by atoms with E-state index in [1.165, 1.54) is 43.3 Å². The molecule has 0 aliphatic heterocycles. The van der Waals surface area contributed by atoms with Gasteiger partial charge in [0.05, 0.1) is 4.90 Å². The zero-order valence-corrected chi connectivity index (χ0v) is 17.5. The van der Waals surface area contributed by atoms with Gasteiger partial charge in [-0.3, -0.25) is 9.52 Å². The Balaban J connectivity index is 1.47. The highest BCUT2D eigenvalue weighted by atomic mass is 32.2. The number of hydrogen-bond acceptors (Lipinski definition) is 5. The highest BCUT2D eigenvalue weighted by molar-refractivity contribution is 7.92. The zero-order chi connectivity index (χ0) is 22.2. The summed E-state index contributed by atoms with van der Waals surface area (Å²) in [4.78, 5) is 16.7. The Kier molecular flexibility index (Phi) is 5.20. The van der Waals surface area contributed by atoms with E-state index in [-0.39, 0.29) is 22.1 Å². The van der Waals surface area contributed by atoms with Gasteiger partial charge in [0.2, 0.25) is 0 Å². The molecule has 0 saturated heterocycles. The first-order chi connectivity index (χ1) is 14.7. The van der Waals surface area contributed by atoms with Gasteiger partial charge in [-0.05, 0) is 73.2 Å². The molecule has 1 aromatic heterocycles. The maximum atomic E-state index is 13.4. The van der Waals surface area contributed by atoms with Gasteiger partial charge in [-0.1, -0.05) is 0 Å². The number of amides is 1. The number of carbonyl (C=O) groups is 1. The van der Waals surface area contributed by atoms with E-state index >= 15 is 0 Å². The Hall–Kier alpha value is -3.72. The summed E-state index contributed by atoms with van der Waals surface area (Å²) in [5.41, 5.74) is 2.67. The van der Waals surface area contributed by atoms with Crippen molar-refractivity contribution in [3.8, 4) is 0 Å². The molecule has 0 atom stereocenters. The average Bonchev–Trinajstić information content (AvgIpc) is 3.09. The number of anilines is 2. The summed E-state index contributed by atoms with van der Waals surface area (Å²) >= 11 is 0. The fourth-order valence-electron chi connectivity index (χ4n) is 3.01. The Morgan fingerprint density at radius 2 is 1.68 bits per heavy atom. The third-order valence-corrected chi connectivity index (χ3v) is 5.97. The molecule has 0 bridgehead atoms. The number of hydrogen-bond donors (Lipinski definition) is 2. The van der Waals surface area contributed by atoms with Crippen molar-refractivity contribution in [2.24, 2.45) is 0 Å². The molecule has 0 unspecified atom stereocenters. The van der Waals surface area contributed by atoms with Gasteiger partial charge in [0.25, 0.3) is 15.9 Å². The summed E-state index contributed by atoms with van der Waals surface area (Å²) in [7, 11) is -3.89. The van der Waals surface area contributed by atoms with Crippen molar-refractivity contribution in [2.45, 2.75) is 18.7 Å². The van der Waals surface area contributed by atoms with Crippen LogP contribution in [-0.4, -0.2) is 19.3 Å². The van der Waals surface area contributed by atoms with Gasteiger partial charge >= 0.3 is 0 Å². The number of nitrogens with zero attached hydrogens (tertiary/aromatic N) is 1. The van der Waals surface area contributed by atoms with Crippen LogP contribution in [0.4, 0.5) is 15.8 Å². The monoisotopic (exact) mass is 439 g/mol. The number of halogens is 1. The first-order valence-electron chi connectivity index (χ1n) is 9.29. The van der Waals surface area contributed by atoms with Crippen LogP contribution in [0.2, 0.25) is 0 Å². The van der Waals surface area contributed by atoms with E-state index in [0.29, 0.717) is 28.2 Å². The van der Waals surface area contributed by atoms with Crippen LogP contribution in [0, 0.1) is 19.7 Å². The molecule has 4 rings (SSSR count). The number of oxazole rings is 1. The van der Waals surface area contributed by atoms with Crippen molar-refractivity contribution in [3.05, 3.63) is 83.5 Å². The molecule has 4 aromatic rings. The van der Waals surface area contributed by atoms with Crippen LogP contribution in [0.3, 0.4) is 0 Å². The van der Waals surface area contributed by atoms with E-state index in [0.717, 1.165) is 6.07 Å². The SMILES string of the molecule is Cc1nc2cc(NC(=O)c3ccc(NS(=O)(=O)c4ccc(F)c(C)c4)cc3)ccc2o1. The van der Waals surface area contributed by atoms with Gasteiger partial charge in [-0.2, -0.15) is 0 Å². The lowest BCUT2D eigenvalue weighted by Crippen LogP contribution is -2.14. The van der Waals surface area contributed by atoms with Gasteiger partial charge in [-0.25, -0.2) is 17.8 Å². The molecule has 0 fully saturated rings. The highest BCUT2D eigenvalue weighted by Crippen LogP contribution is 2.22. The number of sulfonamides is 1. The van der Waals surface area contributed by atoms with Crippen LogP contribution in [0.25, 0.3) is 11.1 Å². The summed E-state index contributed by atoms with van der Waals surface area (Å²) in [6.45, 7) is 3.23. The molecule has 0 spiro atoms. The molecule has 3 aromatic carbocycles. The Bertz CT molecular complexity index is 1400. The second kappa shape index (κ2) is 7.84. The Morgan fingerprint density at radius 1 is 0.968 bits per heavy atom. The smallest absolute Gasteiger partial charge is 0.261 e. The minimum atomic E-state index is -3.89. The van der Waals surface area contributed by atoms with Crippen LogP contribution in [0.15, 0.2) is 70.0 Å². The molecule has 1 heterocycles. The molecule has 2 N–H and O–H groups in total. The van der Waals surface area contributed by atoms with Crippen LogP contribution in [0.1, 0.15) is 21.8 Å². The fourth-order valence-corrected chi connectivity index (χ4v) is 4.16. The topological polar surface area (TPSA) is 101 Å². The summed E-state index contributed by atoms with van der Waals surface area (Å²) in [5, 5.41) is 2.77. The zero-order valence-electron chi connectivity index (χ0n) is 16.6. The number of nitrogens with one attached hydrogen (secondary N) is 2. The first-order valence-corrected chi connectivity index (χ1v) is 10.8. The summed E-state index contributed by atoms with van der Waals surface area (Å²) in [6, 6.07) is 14.7.